The van der Waals surface area contributed by atoms with Crippen LogP contribution in [-0.4, -0.2) is 33.3 Å². The molecule has 1 rings (SSSR count). The number of aliphatic hydroxyl groups is 1. The van der Waals surface area contributed by atoms with Crippen molar-refractivity contribution in [2.24, 2.45) is 5.92 Å². The van der Waals surface area contributed by atoms with Crippen LogP contribution < -0.4 is 4.72 Å². The largest absolute Gasteiger partial charge is 0.391 e. The first-order valence-electron chi connectivity index (χ1n) is 5.83. The number of rotatable bonds is 8. The third-order valence-electron chi connectivity index (χ3n) is 2.14. The standard InChI is InChI=1S/C11H18BrNO4S2/c1-8(2)7-17-4-3-13-19(15,16)10-5-9(6-14)18-11(10)12/h5,8,13-14H,3-4,6-7H2,1-2H3. The van der Waals surface area contributed by atoms with Gasteiger partial charge in [0.2, 0.25) is 10.0 Å². The average Bonchev–Trinajstić information content (AvgIpc) is 2.70. The number of sulfonamides is 1. The number of ether oxygens (including phenoxy) is 1. The van der Waals surface area contributed by atoms with Crippen molar-refractivity contribution in [3.05, 3.63) is 14.7 Å². The summed E-state index contributed by atoms with van der Waals surface area (Å²) in [6.07, 6.45) is 0. The van der Waals surface area contributed by atoms with Crippen molar-refractivity contribution >= 4 is 37.3 Å². The summed E-state index contributed by atoms with van der Waals surface area (Å²) in [6.45, 7) is 5.07. The summed E-state index contributed by atoms with van der Waals surface area (Å²) in [5.41, 5.74) is 0. The molecule has 19 heavy (non-hydrogen) atoms. The Morgan fingerprint density at radius 2 is 2.21 bits per heavy atom. The molecule has 0 unspecified atom stereocenters. The van der Waals surface area contributed by atoms with Gasteiger partial charge < -0.3 is 9.84 Å². The lowest BCUT2D eigenvalue weighted by Gasteiger charge is -2.08. The summed E-state index contributed by atoms with van der Waals surface area (Å²) < 4.78 is 32.3. The molecule has 0 amide bonds. The van der Waals surface area contributed by atoms with Crippen LogP contribution in [0.1, 0.15) is 18.7 Å². The Bertz CT molecular complexity index is 499. The van der Waals surface area contributed by atoms with Gasteiger partial charge in [0.1, 0.15) is 4.90 Å². The topological polar surface area (TPSA) is 75.6 Å². The van der Waals surface area contributed by atoms with Crippen molar-refractivity contribution in [2.45, 2.75) is 25.3 Å². The molecule has 0 spiro atoms. The lowest BCUT2D eigenvalue weighted by Crippen LogP contribution is -2.27. The predicted octanol–water partition coefficient (Wildman–Crippen LogP) is 1.95. The molecule has 8 heteroatoms. The number of aliphatic hydroxyl groups excluding tert-OH is 1. The van der Waals surface area contributed by atoms with Crippen LogP contribution >= 0.6 is 27.3 Å². The summed E-state index contributed by atoms with van der Waals surface area (Å²) in [5, 5.41) is 8.99. The molecule has 1 aromatic rings. The Labute approximate surface area is 126 Å². The van der Waals surface area contributed by atoms with E-state index in [9.17, 15) is 8.42 Å². The van der Waals surface area contributed by atoms with Crippen LogP contribution in [0.4, 0.5) is 0 Å². The van der Waals surface area contributed by atoms with Gasteiger partial charge in [0.15, 0.2) is 0 Å². The molecule has 0 fully saturated rings. The number of hydrogen-bond donors (Lipinski definition) is 2. The first-order valence-corrected chi connectivity index (χ1v) is 8.92. The minimum absolute atomic E-state index is 0.158. The normalized spacial score (nSPS) is 12.3. The van der Waals surface area contributed by atoms with Gasteiger partial charge in [0, 0.05) is 18.0 Å². The smallest absolute Gasteiger partial charge is 0.242 e. The molecule has 0 saturated carbocycles. The van der Waals surface area contributed by atoms with Crippen molar-refractivity contribution in [3.8, 4) is 0 Å². The first-order chi connectivity index (χ1) is 8.86. The van der Waals surface area contributed by atoms with E-state index in [1.165, 1.54) is 17.4 Å². The van der Waals surface area contributed by atoms with Crippen molar-refractivity contribution < 1.29 is 18.3 Å². The summed E-state index contributed by atoms with van der Waals surface area (Å²) in [5.74, 6) is 0.426. The van der Waals surface area contributed by atoms with E-state index in [4.69, 9.17) is 9.84 Å². The number of thiophene rings is 1. The van der Waals surface area contributed by atoms with Crippen LogP contribution in [-0.2, 0) is 21.4 Å². The highest BCUT2D eigenvalue weighted by atomic mass is 79.9. The Balaban J connectivity index is 2.53. The quantitative estimate of drug-likeness (QED) is 0.684. The van der Waals surface area contributed by atoms with E-state index in [-0.39, 0.29) is 18.0 Å². The van der Waals surface area contributed by atoms with Crippen LogP contribution in [0, 0.1) is 5.92 Å². The second-order valence-corrected chi connectivity index (χ2v) is 8.57. The SMILES string of the molecule is CC(C)COCCNS(=O)(=O)c1cc(CO)sc1Br. The lowest BCUT2D eigenvalue weighted by atomic mass is 10.2. The minimum atomic E-state index is -3.56. The summed E-state index contributed by atoms with van der Waals surface area (Å²) in [7, 11) is -3.56. The molecule has 110 valence electrons. The summed E-state index contributed by atoms with van der Waals surface area (Å²) in [6, 6.07) is 1.46. The zero-order valence-electron chi connectivity index (χ0n) is 10.8. The van der Waals surface area contributed by atoms with Crippen LogP contribution in [0.2, 0.25) is 0 Å². The first kappa shape index (κ1) is 17.1. The molecule has 0 bridgehead atoms. The van der Waals surface area contributed by atoms with Gasteiger partial charge in [0.05, 0.1) is 17.0 Å². The van der Waals surface area contributed by atoms with Gasteiger partial charge in [-0.1, -0.05) is 13.8 Å². The maximum absolute atomic E-state index is 12.0. The predicted molar refractivity (Wildman–Crippen MR) is 78.8 cm³/mol. The molecule has 0 saturated heterocycles. The van der Waals surface area contributed by atoms with Crippen molar-refractivity contribution in [1.29, 1.82) is 0 Å². The number of hydrogen-bond acceptors (Lipinski definition) is 5. The molecule has 0 aromatic carbocycles. The maximum Gasteiger partial charge on any atom is 0.242 e. The Hall–Kier alpha value is 0.01000. The fourth-order valence-corrected chi connectivity index (χ4v) is 4.86. The molecule has 0 radical (unpaired) electrons. The van der Waals surface area contributed by atoms with E-state index >= 15 is 0 Å². The second kappa shape index (κ2) is 7.70. The van der Waals surface area contributed by atoms with Crippen LogP contribution in [0.15, 0.2) is 14.7 Å². The fourth-order valence-electron chi connectivity index (χ4n) is 1.30. The molecule has 1 heterocycles. The van der Waals surface area contributed by atoms with Crippen molar-refractivity contribution in [2.75, 3.05) is 19.8 Å². The Morgan fingerprint density at radius 1 is 1.53 bits per heavy atom. The third kappa shape index (κ3) is 5.49. The van der Waals surface area contributed by atoms with Gasteiger partial charge in [-0.3, -0.25) is 0 Å². The second-order valence-electron chi connectivity index (χ2n) is 4.38. The van der Waals surface area contributed by atoms with E-state index in [2.05, 4.69) is 20.7 Å². The van der Waals surface area contributed by atoms with E-state index in [1.807, 2.05) is 13.8 Å². The molecular weight excluding hydrogens is 354 g/mol. The molecule has 0 aliphatic carbocycles. The molecule has 5 nitrogen and oxygen atoms in total. The molecule has 0 atom stereocenters. The van der Waals surface area contributed by atoms with Crippen LogP contribution in [0.5, 0.6) is 0 Å². The highest BCUT2D eigenvalue weighted by Crippen LogP contribution is 2.31. The van der Waals surface area contributed by atoms with E-state index in [1.54, 1.807) is 0 Å². The maximum atomic E-state index is 12.0. The van der Waals surface area contributed by atoms with Gasteiger partial charge in [-0.2, -0.15) is 0 Å². The van der Waals surface area contributed by atoms with E-state index in [0.29, 0.717) is 27.8 Å². The Morgan fingerprint density at radius 3 is 2.74 bits per heavy atom. The molecule has 0 aliphatic heterocycles. The number of halogens is 1. The monoisotopic (exact) mass is 371 g/mol. The molecule has 2 N–H and O–H groups in total. The van der Waals surface area contributed by atoms with Crippen molar-refractivity contribution in [3.63, 3.8) is 0 Å². The molecule has 1 aromatic heterocycles. The van der Waals surface area contributed by atoms with Crippen molar-refractivity contribution in [1.82, 2.24) is 4.72 Å². The third-order valence-corrected chi connectivity index (χ3v) is 5.84. The summed E-state index contributed by atoms with van der Waals surface area (Å²) >= 11 is 4.40. The molecule has 0 aliphatic rings. The molecular formula is C11H18BrNO4S2. The lowest BCUT2D eigenvalue weighted by molar-refractivity contribution is 0.114. The van der Waals surface area contributed by atoms with Gasteiger partial charge in [-0.05, 0) is 27.9 Å². The summed E-state index contributed by atoms with van der Waals surface area (Å²) in [4.78, 5) is 0.758. The van der Waals surface area contributed by atoms with Gasteiger partial charge in [-0.15, -0.1) is 11.3 Å². The highest BCUT2D eigenvalue weighted by molar-refractivity contribution is 9.11. The van der Waals surface area contributed by atoms with Gasteiger partial charge in [0.25, 0.3) is 0 Å². The highest BCUT2D eigenvalue weighted by Gasteiger charge is 2.20. The van der Waals surface area contributed by atoms with Gasteiger partial charge in [-0.25, -0.2) is 13.1 Å². The fraction of sp³-hybridized carbons (Fsp3) is 0.636. The van der Waals surface area contributed by atoms with Crippen LogP contribution in [0.25, 0.3) is 0 Å². The number of nitrogens with one attached hydrogen (secondary N) is 1. The van der Waals surface area contributed by atoms with Crippen LogP contribution in [0.3, 0.4) is 0 Å². The van der Waals surface area contributed by atoms with Gasteiger partial charge >= 0.3 is 0 Å². The Kier molecular flexibility index (Phi) is 6.92. The van der Waals surface area contributed by atoms with E-state index < -0.39 is 10.0 Å². The zero-order valence-corrected chi connectivity index (χ0v) is 14.1. The van der Waals surface area contributed by atoms with E-state index in [0.717, 1.165) is 0 Å². The zero-order chi connectivity index (χ0) is 14.5. The average molecular weight is 372 g/mol. The minimum Gasteiger partial charge on any atom is -0.391 e.